The fourth-order valence-corrected chi connectivity index (χ4v) is 0.973. The summed E-state index contributed by atoms with van der Waals surface area (Å²) < 4.78 is 0. The third-order valence-corrected chi connectivity index (χ3v) is 1.72. The van der Waals surface area contributed by atoms with Crippen molar-refractivity contribution in [3.05, 3.63) is 0 Å². The molecule has 0 fully saturated rings. The Morgan fingerprint density at radius 3 is 2.40 bits per heavy atom. The SMILES string of the molecule is CN(C)CCCCNC(=O)NCC(=O)O. The molecule has 88 valence electrons. The molecule has 0 saturated carbocycles. The van der Waals surface area contributed by atoms with Crippen molar-refractivity contribution in [3.8, 4) is 0 Å². The first-order chi connectivity index (χ1) is 7.02. The number of unbranched alkanes of at least 4 members (excludes halogenated alkanes) is 1. The van der Waals surface area contributed by atoms with E-state index in [2.05, 4.69) is 15.5 Å². The zero-order valence-corrected chi connectivity index (χ0v) is 9.25. The maximum atomic E-state index is 10.9. The number of carboxylic acids is 1. The molecule has 0 rings (SSSR count). The van der Waals surface area contributed by atoms with Gasteiger partial charge in [-0.25, -0.2) is 4.79 Å². The van der Waals surface area contributed by atoms with Crippen LogP contribution in [0.3, 0.4) is 0 Å². The third kappa shape index (κ3) is 10.6. The van der Waals surface area contributed by atoms with E-state index >= 15 is 0 Å². The number of hydrogen-bond donors (Lipinski definition) is 3. The molecule has 0 aliphatic carbocycles. The zero-order valence-electron chi connectivity index (χ0n) is 9.25. The third-order valence-electron chi connectivity index (χ3n) is 1.72. The number of nitrogens with zero attached hydrogens (tertiary/aromatic N) is 1. The minimum Gasteiger partial charge on any atom is -0.480 e. The number of carboxylic acid groups (broad SMARTS) is 1. The minimum atomic E-state index is -1.04. The summed E-state index contributed by atoms with van der Waals surface area (Å²) in [5, 5.41) is 13.1. The summed E-state index contributed by atoms with van der Waals surface area (Å²) in [6, 6.07) is -0.428. The number of carbonyl (C=O) groups excluding carboxylic acids is 1. The Labute approximate surface area is 89.6 Å². The second-order valence-electron chi connectivity index (χ2n) is 3.51. The second-order valence-corrected chi connectivity index (χ2v) is 3.51. The van der Waals surface area contributed by atoms with Gasteiger partial charge in [-0.2, -0.15) is 0 Å². The van der Waals surface area contributed by atoms with Crippen molar-refractivity contribution in [2.24, 2.45) is 0 Å². The van der Waals surface area contributed by atoms with E-state index in [9.17, 15) is 9.59 Å². The van der Waals surface area contributed by atoms with Crippen molar-refractivity contribution in [1.29, 1.82) is 0 Å². The number of amides is 2. The molecule has 0 aliphatic rings. The number of urea groups is 1. The van der Waals surface area contributed by atoms with Crippen molar-refractivity contribution in [2.75, 3.05) is 33.7 Å². The van der Waals surface area contributed by atoms with Gasteiger partial charge in [-0.1, -0.05) is 0 Å². The number of hydrogen-bond acceptors (Lipinski definition) is 3. The summed E-state index contributed by atoms with van der Waals surface area (Å²) in [4.78, 5) is 23.1. The van der Waals surface area contributed by atoms with E-state index in [1.807, 2.05) is 14.1 Å². The maximum absolute atomic E-state index is 10.9. The van der Waals surface area contributed by atoms with Crippen LogP contribution in [0, 0.1) is 0 Å². The maximum Gasteiger partial charge on any atom is 0.323 e. The summed E-state index contributed by atoms with van der Waals surface area (Å²) in [6.07, 6.45) is 1.89. The van der Waals surface area contributed by atoms with E-state index in [4.69, 9.17) is 5.11 Å². The van der Waals surface area contributed by atoms with E-state index in [0.717, 1.165) is 19.4 Å². The van der Waals surface area contributed by atoms with E-state index in [1.165, 1.54) is 0 Å². The Morgan fingerprint density at radius 2 is 1.87 bits per heavy atom. The van der Waals surface area contributed by atoms with E-state index < -0.39 is 12.0 Å². The number of nitrogens with one attached hydrogen (secondary N) is 2. The van der Waals surface area contributed by atoms with Gasteiger partial charge in [-0.05, 0) is 33.5 Å². The summed E-state index contributed by atoms with van der Waals surface area (Å²) >= 11 is 0. The van der Waals surface area contributed by atoms with Crippen molar-refractivity contribution in [2.45, 2.75) is 12.8 Å². The molecule has 0 aliphatic heterocycles. The fourth-order valence-electron chi connectivity index (χ4n) is 0.973. The van der Waals surface area contributed by atoms with Crippen LogP contribution in [0.1, 0.15) is 12.8 Å². The van der Waals surface area contributed by atoms with Gasteiger partial charge in [-0.3, -0.25) is 4.79 Å². The average molecular weight is 217 g/mol. The molecule has 0 aromatic rings. The normalized spacial score (nSPS) is 10.1. The summed E-state index contributed by atoms with van der Waals surface area (Å²) in [7, 11) is 3.99. The van der Waals surface area contributed by atoms with Gasteiger partial charge >= 0.3 is 12.0 Å². The monoisotopic (exact) mass is 217 g/mol. The van der Waals surface area contributed by atoms with Gasteiger partial charge in [0.05, 0.1) is 0 Å². The molecule has 0 aromatic carbocycles. The molecule has 0 radical (unpaired) electrons. The Balaban J connectivity index is 3.28. The number of carbonyl (C=O) groups is 2. The van der Waals surface area contributed by atoms with Crippen LogP contribution in [0.4, 0.5) is 4.79 Å². The van der Waals surface area contributed by atoms with Gasteiger partial charge in [-0.15, -0.1) is 0 Å². The molecular formula is C9H19N3O3. The van der Waals surface area contributed by atoms with Crippen LogP contribution in [0.25, 0.3) is 0 Å². The van der Waals surface area contributed by atoms with Crippen LogP contribution in [0.15, 0.2) is 0 Å². The highest BCUT2D eigenvalue weighted by Crippen LogP contribution is 1.88. The highest BCUT2D eigenvalue weighted by molar-refractivity contribution is 5.79. The molecular weight excluding hydrogens is 198 g/mol. The van der Waals surface area contributed by atoms with Crippen LogP contribution in [-0.2, 0) is 4.79 Å². The molecule has 0 bridgehead atoms. The number of rotatable bonds is 7. The molecule has 0 unspecified atom stereocenters. The van der Waals surface area contributed by atoms with Crippen LogP contribution in [0.2, 0.25) is 0 Å². The van der Waals surface area contributed by atoms with Gasteiger partial charge in [0, 0.05) is 6.54 Å². The molecule has 6 heteroatoms. The molecule has 0 aromatic heterocycles. The second kappa shape index (κ2) is 8.05. The Morgan fingerprint density at radius 1 is 1.20 bits per heavy atom. The van der Waals surface area contributed by atoms with Crippen molar-refractivity contribution >= 4 is 12.0 Å². The first kappa shape index (κ1) is 13.7. The Hall–Kier alpha value is -1.30. The number of aliphatic carboxylic acids is 1. The van der Waals surface area contributed by atoms with Crippen molar-refractivity contribution in [3.63, 3.8) is 0 Å². The average Bonchev–Trinajstić information content (AvgIpc) is 2.13. The lowest BCUT2D eigenvalue weighted by Gasteiger charge is -2.09. The lowest BCUT2D eigenvalue weighted by atomic mass is 10.3. The predicted molar refractivity (Wildman–Crippen MR) is 56.8 cm³/mol. The van der Waals surface area contributed by atoms with Gasteiger partial charge in [0.25, 0.3) is 0 Å². The van der Waals surface area contributed by atoms with Gasteiger partial charge in [0.15, 0.2) is 0 Å². The quantitative estimate of drug-likeness (QED) is 0.512. The van der Waals surface area contributed by atoms with Crippen molar-refractivity contribution in [1.82, 2.24) is 15.5 Å². The van der Waals surface area contributed by atoms with Crippen molar-refractivity contribution < 1.29 is 14.7 Å². The Bertz CT molecular complexity index is 207. The predicted octanol–water partition coefficient (Wildman–Crippen LogP) is -0.288. The molecule has 0 heterocycles. The summed E-state index contributed by atoms with van der Waals surface area (Å²) in [5.41, 5.74) is 0. The summed E-state index contributed by atoms with van der Waals surface area (Å²) in [5.74, 6) is -1.04. The fraction of sp³-hybridized carbons (Fsp3) is 0.778. The highest BCUT2D eigenvalue weighted by atomic mass is 16.4. The molecule has 3 N–H and O–H groups in total. The Kier molecular flexibility index (Phi) is 7.35. The van der Waals surface area contributed by atoms with E-state index in [1.54, 1.807) is 0 Å². The molecule has 6 nitrogen and oxygen atoms in total. The van der Waals surface area contributed by atoms with Crippen LogP contribution >= 0.6 is 0 Å². The lowest BCUT2D eigenvalue weighted by molar-refractivity contribution is -0.135. The first-order valence-corrected chi connectivity index (χ1v) is 4.90. The zero-order chi connectivity index (χ0) is 11.7. The topological polar surface area (TPSA) is 81.7 Å². The lowest BCUT2D eigenvalue weighted by Crippen LogP contribution is -2.38. The van der Waals surface area contributed by atoms with Crippen LogP contribution < -0.4 is 10.6 Å². The molecule has 2 amide bonds. The standard InChI is InChI=1S/C9H19N3O3/c1-12(2)6-4-3-5-10-9(15)11-7-8(13)14/h3-7H2,1-2H3,(H,13,14)(H2,10,11,15). The van der Waals surface area contributed by atoms with E-state index in [-0.39, 0.29) is 6.54 Å². The highest BCUT2D eigenvalue weighted by Gasteiger charge is 2.01. The largest absolute Gasteiger partial charge is 0.480 e. The van der Waals surface area contributed by atoms with Gasteiger partial charge in [0.2, 0.25) is 0 Å². The first-order valence-electron chi connectivity index (χ1n) is 4.90. The molecule has 0 atom stereocenters. The molecule has 15 heavy (non-hydrogen) atoms. The summed E-state index contributed by atoms with van der Waals surface area (Å²) in [6.45, 7) is 1.21. The van der Waals surface area contributed by atoms with Crippen LogP contribution in [-0.4, -0.2) is 55.7 Å². The minimum absolute atomic E-state index is 0.344. The smallest absolute Gasteiger partial charge is 0.323 e. The van der Waals surface area contributed by atoms with Gasteiger partial charge < -0.3 is 20.6 Å². The molecule has 0 spiro atoms. The van der Waals surface area contributed by atoms with Crippen LogP contribution in [0.5, 0.6) is 0 Å². The van der Waals surface area contributed by atoms with E-state index in [0.29, 0.717) is 6.54 Å². The van der Waals surface area contributed by atoms with Gasteiger partial charge in [0.1, 0.15) is 6.54 Å². The molecule has 0 saturated heterocycles.